The van der Waals surface area contributed by atoms with Gasteiger partial charge in [-0.3, -0.25) is 4.98 Å². The maximum atomic E-state index is 12.4. The molecule has 12 heavy (non-hydrogen) atoms. The average molecular weight is 179 g/mol. The molecule has 0 radical (unpaired) electrons. The normalized spacial score (nSPS) is 16.1. The van der Waals surface area contributed by atoms with Crippen LogP contribution in [0.1, 0.15) is 9.68 Å². The number of anilines is 1. The molecule has 0 aromatic carbocycles. The summed E-state index contributed by atoms with van der Waals surface area (Å²) >= 11 is 0. The van der Waals surface area contributed by atoms with Gasteiger partial charge in [-0.15, -0.1) is 0 Å². The fourth-order valence-corrected chi connectivity index (χ4v) is 0.741. The third-order valence-corrected chi connectivity index (χ3v) is 1.26. The van der Waals surface area contributed by atoms with E-state index >= 15 is 0 Å². The largest absolute Gasteiger partial charge is 0.418 e. The Morgan fingerprint density at radius 2 is 2.33 bits per heavy atom. The van der Waals surface area contributed by atoms with Gasteiger partial charge in [0.15, 0.2) is 0 Å². The van der Waals surface area contributed by atoms with E-state index in [9.17, 15) is 13.2 Å². The summed E-state index contributed by atoms with van der Waals surface area (Å²) in [5.74, 6) is 0. The van der Waals surface area contributed by atoms with Crippen LogP contribution >= 0.6 is 0 Å². The van der Waals surface area contributed by atoms with Crippen LogP contribution < -0.4 is 5.32 Å². The van der Waals surface area contributed by atoms with E-state index in [0.717, 1.165) is 12.4 Å². The van der Waals surface area contributed by atoms with Crippen molar-refractivity contribution < 1.29 is 17.3 Å². The molecule has 0 saturated carbocycles. The first-order valence-corrected chi connectivity index (χ1v) is 2.99. The molecule has 0 aliphatic heterocycles. The minimum absolute atomic E-state index is 0.551. The highest BCUT2D eigenvalue weighted by Gasteiger charge is 2.32. The molecule has 1 aromatic heterocycles. The summed E-state index contributed by atoms with van der Waals surface area (Å²) in [5, 5.41) is 1.77. The van der Waals surface area contributed by atoms with Crippen LogP contribution in [0.25, 0.3) is 0 Å². The standard InChI is InChI=1S/C7H7F3N2/c1-11-6-4-12-3-2-5(6)7(8,9)10/h2-4,11H,1H3/i1D3. The van der Waals surface area contributed by atoms with Crippen molar-refractivity contribution in [3.63, 3.8) is 0 Å². The second-order valence-corrected chi connectivity index (χ2v) is 2.04. The summed E-state index contributed by atoms with van der Waals surface area (Å²) in [4.78, 5) is 3.43. The number of pyridine rings is 1. The van der Waals surface area contributed by atoms with Gasteiger partial charge in [-0.25, -0.2) is 0 Å². The lowest BCUT2D eigenvalue weighted by Gasteiger charge is -2.10. The van der Waals surface area contributed by atoms with Crippen molar-refractivity contribution in [2.75, 3.05) is 12.3 Å². The Bertz CT molecular complexity index is 348. The zero-order chi connectivity index (χ0) is 11.7. The van der Waals surface area contributed by atoms with E-state index in [1.807, 2.05) is 0 Å². The number of rotatable bonds is 1. The molecule has 0 aliphatic rings. The van der Waals surface area contributed by atoms with Crippen molar-refractivity contribution in [1.82, 2.24) is 4.98 Å². The summed E-state index contributed by atoms with van der Waals surface area (Å²) in [6.45, 7) is -2.68. The Hall–Kier alpha value is -1.26. The summed E-state index contributed by atoms with van der Waals surface area (Å²) in [6, 6.07) is 0.716. The summed E-state index contributed by atoms with van der Waals surface area (Å²) in [7, 11) is 0. The van der Waals surface area contributed by atoms with Crippen LogP contribution in [0.5, 0.6) is 0 Å². The molecule has 5 heteroatoms. The van der Waals surface area contributed by atoms with Crippen LogP contribution in [0.3, 0.4) is 0 Å². The highest BCUT2D eigenvalue weighted by atomic mass is 19.4. The first-order valence-electron chi connectivity index (χ1n) is 4.49. The fourth-order valence-electron chi connectivity index (χ4n) is 0.741. The molecule has 0 atom stereocenters. The van der Waals surface area contributed by atoms with Crippen LogP contribution in [-0.2, 0) is 6.18 Å². The Morgan fingerprint density at radius 1 is 1.58 bits per heavy atom. The summed E-state index contributed by atoms with van der Waals surface area (Å²) in [6.07, 6.45) is -2.82. The van der Waals surface area contributed by atoms with E-state index in [0.29, 0.717) is 6.07 Å². The second-order valence-electron chi connectivity index (χ2n) is 2.04. The average Bonchev–Trinajstić information content (AvgIpc) is 1.99. The lowest BCUT2D eigenvalue weighted by Crippen LogP contribution is -2.08. The number of hydrogen-bond donors (Lipinski definition) is 1. The first-order chi connectivity index (χ1) is 6.70. The van der Waals surface area contributed by atoms with Crippen molar-refractivity contribution in [1.29, 1.82) is 0 Å². The molecule has 0 aliphatic carbocycles. The van der Waals surface area contributed by atoms with Crippen LogP contribution in [0, 0.1) is 0 Å². The van der Waals surface area contributed by atoms with Gasteiger partial charge in [0.1, 0.15) is 0 Å². The summed E-state index contributed by atoms with van der Waals surface area (Å²) in [5.41, 5.74) is -1.60. The third-order valence-electron chi connectivity index (χ3n) is 1.26. The molecule has 1 aromatic rings. The second kappa shape index (κ2) is 3.00. The zero-order valence-electron chi connectivity index (χ0n) is 8.81. The number of nitrogens with one attached hydrogen (secondary N) is 1. The molecule has 1 N–H and O–H groups in total. The topological polar surface area (TPSA) is 24.9 Å². The number of hydrogen-bond acceptors (Lipinski definition) is 2. The highest BCUT2D eigenvalue weighted by molar-refractivity contribution is 5.49. The van der Waals surface area contributed by atoms with Crippen molar-refractivity contribution in [2.24, 2.45) is 0 Å². The lowest BCUT2D eigenvalue weighted by atomic mass is 10.2. The van der Waals surface area contributed by atoms with Crippen molar-refractivity contribution in [3.05, 3.63) is 24.0 Å². The lowest BCUT2D eigenvalue weighted by molar-refractivity contribution is -0.137. The van der Waals surface area contributed by atoms with Gasteiger partial charge in [0.05, 0.1) is 17.4 Å². The SMILES string of the molecule is [2H]C([2H])([2H])Nc1cnccc1C(F)(F)F. The Kier molecular flexibility index (Phi) is 1.35. The molecule has 0 bridgehead atoms. The molecular weight excluding hydrogens is 169 g/mol. The van der Waals surface area contributed by atoms with E-state index in [1.165, 1.54) is 0 Å². The van der Waals surface area contributed by atoms with Crippen molar-refractivity contribution in [2.45, 2.75) is 6.18 Å². The van der Waals surface area contributed by atoms with Gasteiger partial charge in [0.25, 0.3) is 0 Å². The van der Waals surface area contributed by atoms with Crippen LogP contribution in [0.2, 0.25) is 0 Å². The maximum absolute atomic E-state index is 12.4. The molecule has 1 heterocycles. The predicted octanol–water partition coefficient (Wildman–Crippen LogP) is 2.14. The van der Waals surface area contributed by atoms with Gasteiger partial charge >= 0.3 is 6.18 Å². The molecule has 1 rings (SSSR count). The predicted molar refractivity (Wildman–Crippen MR) is 38.8 cm³/mol. The minimum atomic E-state index is -4.60. The number of nitrogens with zero attached hydrogens (tertiary/aromatic N) is 1. The van der Waals surface area contributed by atoms with E-state index in [2.05, 4.69) is 4.98 Å². The third kappa shape index (κ3) is 1.66. The van der Waals surface area contributed by atoms with Gasteiger partial charge in [-0.05, 0) is 6.07 Å². The van der Waals surface area contributed by atoms with Crippen LogP contribution in [0.15, 0.2) is 18.5 Å². The Balaban J connectivity index is 3.08. The van der Waals surface area contributed by atoms with Gasteiger partial charge in [-0.1, -0.05) is 0 Å². The first kappa shape index (κ1) is 5.40. The van der Waals surface area contributed by atoms with Gasteiger partial charge in [-0.2, -0.15) is 13.2 Å². The van der Waals surface area contributed by atoms with Gasteiger partial charge in [0.2, 0.25) is 0 Å². The van der Waals surface area contributed by atoms with Crippen molar-refractivity contribution in [3.8, 4) is 0 Å². The molecule has 2 nitrogen and oxygen atoms in total. The Morgan fingerprint density at radius 3 is 2.92 bits per heavy atom. The molecule has 0 amide bonds. The van der Waals surface area contributed by atoms with E-state index < -0.39 is 24.4 Å². The minimum Gasteiger partial charge on any atom is -0.386 e. The fraction of sp³-hybridized carbons (Fsp3) is 0.286. The van der Waals surface area contributed by atoms with Crippen molar-refractivity contribution >= 4 is 5.69 Å². The van der Waals surface area contributed by atoms with E-state index in [4.69, 9.17) is 4.11 Å². The molecule has 0 unspecified atom stereocenters. The van der Waals surface area contributed by atoms with E-state index in [1.54, 1.807) is 5.32 Å². The monoisotopic (exact) mass is 179 g/mol. The summed E-state index contributed by atoms with van der Waals surface area (Å²) < 4.78 is 57.5. The molecule has 0 spiro atoms. The van der Waals surface area contributed by atoms with Gasteiger partial charge < -0.3 is 5.32 Å². The highest BCUT2D eigenvalue weighted by Crippen LogP contribution is 2.33. The van der Waals surface area contributed by atoms with Crippen LogP contribution in [0.4, 0.5) is 18.9 Å². The number of halogens is 3. The number of alkyl halides is 3. The molecule has 66 valence electrons. The van der Waals surface area contributed by atoms with Gasteiger partial charge in [0, 0.05) is 17.3 Å². The maximum Gasteiger partial charge on any atom is 0.418 e. The van der Waals surface area contributed by atoms with E-state index in [-0.39, 0.29) is 0 Å². The quantitative estimate of drug-likeness (QED) is 0.714. The van der Waals surface area contributed by atoms with Crippen LogP contribution in [-0.4, -0.2) is 12.0 Å². The molecule has 0 fully saturated rings. The Labute approximate surface area is 71.6 Å². The molecular formula is C7H7F3N2. The smallest absolute Gasteiger partial charge is 0.386 e. The molecule has 0 saturated heterocycles. The zero-order valence-corrected chi connectivity index (χ0v) is 5.81. The number of aromatic nitrogens is 1.